The molecular weight excluding hydrogens is 210 g/mol. The van der Waals surface area contributed by atoms with Crippen LogP contribution in [0, 0.1) is 5.41 Å². The van der Waals surface area contributed by atoms with E-state index in [1.54, 1.807) is 13.8 Å². The van der Waals surface area contributed by atoms with E-state index < -0.39 is 10.0 Å². The van der Waals surface area contributed by atoms with Crippen LogP contribution in [0.3, 0.4) is 0 Å². The zero-order valence-electron chi connectivity index (χ0n) is 11.0. The maximum Gasteiger partial charge on any atom is 0.214 e. The average molecular weight is 235 g/mol. The van der Waals surface area contributed by atoms with Crippen molar-refractivity contribution in [1.29, 1.82) is 0 Å². The number of nitrogens with one attached hydrogen (secondary N) is 1. The lowest BCUT2D eigenvalue weighted by Gasteiger charge is -2.33. The van der Waals surface area contributed by atoms with Crippen molar-refractivity contribution < 1.29 is 8.42 Å². The normalized spacial score (nSPS) is 14.7. The lowest BCUT2D eigenvalue weighted by Crippen LogP contribution is -2.48. The Morgan fingerprint density at radius 3 is 1.73 bits per heavy atom. The predicted molar refractivity (Wildman–Crippen MR) is 65.3 cm³/mol. The summed E-state index contributed by atoms with van der Waals surface area (Å²) in [4.78, 5) is 0. The monoisotopic (exact) mass is 235 g/mol. The molecule has 3 nitrogen and oxygen atoms in total. The summed E-state index contributed by atoms with van der Waals surface area (Å²) in [6, 6.07) is 0. The minimum absolute atomic E-state index is 0.114. The van der Waals surface area contributed by atoms with E-state index in [0.29, 0.717) is 0 Å². The molecule has 0 rings (SSSR count). The summed E-state index contributed by atoms with van der Waals surface area (Å²) < 4.78 is 26.2. The van der Waals surface area contributed by atoms with Crippen molar-refractivity contribution in [1.82, 2.24) is 4.72 Å². The molecule has 0 radical (unpaired) electrons. The van der Waals surface area contributed by atoms with Crippen LogP contribution in [0.15, 0.2) is 0 Å². The van der Waals surface area contributed by atoms with E-state index in [0.717, 1.165) is 6.42 Å². The smallest absolute Gasteiger partial charge is 0.212 e. The van der Waals surface area contributed by atoms with Crippen LogP contribution in [0.25, 0.3) is 0 Å². The Balaban J connectivity index is 4.66. The Labute approximate surface area is 94.7 Å². The molecule has 0 bridgehead atoms. The lowest BCUT2D eigenvalue weighted by atomic mass is 9.82. The van der Waals surface area contributed by atoms with Gasteiger partial charge in [-0.1, -0.05) is 20.8 Å². The molecule has 0 aromatic carbocycles. The van der Waals surface area contributed by atoms with Gasteiger partial charge in [-0.15, -0.1) is 0 Å². The summed E-state index contributed by atoms with van der Waals surface area (Å²) in [6.45, 7) is 13.6. The fourth-order valence-corrected chi connectivity index (χ4v) is 2.94. The predicted octanol–water partition coefficient (Wildman–Crippen LogP) is 2.53. The first-order valence-electron chi connectivity index (χ1n) is 5.38. The van der Waals surface area contributed by atoms with Gasteiger partial charge in [0.1, 0.15) is 0 Å². The fraction of sp³-hybridized carbons (Fsp3) is 1.00. The SMILES string of the molecule is CC(C)S(=O)(=O)NC(C)(C)CC(C)(C)C. The number of rotatable bonds is 4. The highest BCUT2D eigenvalue weighted by molar-refractivity contribution is 7.90. The Morgan fingerprint density at radius 2 is 1.47 bits per heavy atom. The molecule has 0 aliphatic rings. The molecule has 0 atom stereocenters. The summed E-state index contributed by atoms with van der Waals surface area (Å²) in [5.41, 5.74) is -0.273. The van der Waals surface area contributed by atoms with Gasteiger partial charge >= 0.3 is 0 Å². The highest BCUT2D eigenvalue weighted by Gasteiger charge is 2.30. The first-order valence-corrected chi connectivity index (χ1v) is 6.93. The topological polar surface area (TPSA) is 46.2 Å². The Bertz CT molecular complexity index is 297. The van der Waals surface area contributed by atoms with Crippen molar-refractivity contribution in [2.45, 2.75) is 65.7 Å². The molecule has 92 valence electrons. The molecule has 0 spiro atoms. The van der Waals surface area contributed by atoms with E-state index in [1.165, 1.54) is 0 Å². The third-order valence-corrected chi connectivity index (χ3v) is 4.09. The van der Waals surface area contributed by atoms with Crippen LogP contribution in [-0.2, 0) is 10.0 Å². The van der Waals surface area contributed by atoms with Crippen molar-refractivity contribution in [3.8, 4) is 0 Å². The first-order chi connectivity index (χ1) is 6.36. The second-order valence-corrected chi connectivity index (χ2v) is 8.55. The van der Waals surface area contributed by atoms with E-state index in [1.807, 2.05) is 13.8 Å². The van der Waals surface area contributed by atoms with Crippen LogP contribution < -0.4 is 4.72 Å². The summed E-state index contributed by atoms with van der Waals surface area (Å²) in [7, 11) is -3.18. The van der Waals surface area contributed by atoms with Crippen molar-refractivity contribution in [2.75, 3.05) is 0 Å². The van der Waals surface area contributed by atoms with Gasteiger partial charge in [0.15, 0.2) is 0 Å². The molecule has 0 amide bonds. The zero-order valence-corrected chi connectivity index (χ0v) is 11.8. The summed E-state index contributed by atoms with van der Waals surface area (Å²) in [6.07, 6.45) is 0.811. The Kier molecular flexibility index (Phi) is 4.39. The molecule has 0 unspecified atom stereocenters. The van der Waals surface area contributed by atoms with Gasteiger partial charge in [-0.25, -0.2) is 13.1 Å². The molecule has 0 aromatic rings. The van der Waals surface area contributed by atoms with Crippen molar-refractivity contribution in [3.63, 3.8) is 0 Å². The highest BCUT2D eigenvalue weighted by Crippen LogP contribution is 2.27. The second kappa shape index (κ2) is 4.42. The molecule has 0 fully saturated rings. The van der Waals surface area contributed by atoms with Gasteiger partial charge < -0.3 is 0 Å². The van der Waals surface area contributed by atoms with Crippen molar-refractivity contribution in [3.05, 3.63) is 0 Å². The average Bonchev–Trinajstić information content (AvgIpc) is 1.75. The molecule has 4 heteroatoms. The third-order valence-electron chi connectivity index (χ3n) is 2.01. The van der Waals surface area contributed by atoms with Crippen LogP contribution in [0.4, 0.5) is 0 Å². The van der Waals surface area contributed by atoms with Crippen LogP contribution in [0.1, 0.15) is 54.9 Å². The number of sulfonamides is 1. The quantitative estimate of drug-likeness (QED) is 0.814. The van der Waals surface area contributed by atoms with E-state index in [9.17, 15) is 8.42 Å². The molecule has 15 heavy (non-hydrogen) atoms. The van der Waals surface area contributed by atoms with E-state index in [2.05, 4.69) is 25.5 Å². The molecule has 0 aliphatic carbocycles. The Hall–Kier alpha value is -0.0900. The lowest BCUT2D eigenvalue weighted by molar-refractivity contribution is 0.269. The van der Waals surface area contributed by atoms with Gasteiger partial charge in [-0.3, -0.25) is 0 Å². The maximum absolute atomic E-state index is 11.7. The van der Waals surface area contributed by atoms with E-state index >= 15 is 0 Å². The molecule has 0 aliphatic heterocycles. The van der Waals surface area contributed by atoms with E-state index in [-0.39, 0.29) is 16.2 Å². The van der Waals surface area contributed by atoms with Crippen LogP contribution in [0.2, 0.25) is 0 Å². The molecule has 0 aromatic heterocycles. The van der Waals surface area contributed by atoms with Crippen LogP contribution in [-0.4, -0.2) is 19.2 Å². The Morgan fingerprint density at radius 1 is 1.07 bits per heavy atom. The van der Waals surface area contributed by atoms with Gasteiger partial charge in [0, 0.05) is 5.54 Å². The molecule has 1 N–H and O–H groups in total. The summed E-state index contributed by atoms with van der Waals surface area (Å²) in [5, 5.41) is -0.378. The first kappa shape index (κ1) is 14.9. The summed E-state index contributed by atoms with van der Waals surface area (Å²) in [5.74, 6) is 0. The van der Waals surface area contributed by atoms with Gasteiger partial charge in [0.05, 0.1) is 5.25 Å². The number of hydrogen-bond donors (Lipinski definition) is 1. The standard InChI is InChI=1S/C11H25NO2S/c1-9(2)15(13,14)12-11(6,7)8-10(3,4)5/h9,12H,8H2,1-7H3. The van der Waals surface area contributed by atoms with Crippen LogP contribution in [0.5, 0.6) is 0 Å². The molecular formula is C11H25NO2S. The molecule has 0 heterocycles. The third kappa shape index (κ3) is 6.15. The van der Waals surface area contributed by atoms with Gasteiger partial charge in [-0.05, 0) is 39.5 Å². The minimum atomic E-state index is -3.18. The van der Waals surface area contributed by atoms with Crippen molar-refractivity contribution >= 4 is 10.0 Å². The fourth-order valence-electron chi connectivity index (χ4n) is 1.86. The largest absolute Gasteiger partial charge is 0.214 e. The zero-order chi connectivity index (χ0) is 12.5. The van der Waals surface area contributed by atoms with Gasteiger partial charge in [0.2, 0.25) is 10.0 Å². The van der Waals surface area contributed by atoms with Gasteiger partial charge in [-0.2, -0.15) is 0 Å². The van der Waals surface area contributed by atoms with Gasteiger partial charge in [0.25, 0.3) is 0 Å². The van der Waals surface area contributed by atoms with Crippen molar-refractivity contribution in [2.24, 2.45) is 5.41 Å². The minimum Gasteiger partial charge on any atom is -0.212 e. The maximum atomic E-state index is 11.7. The second-order valence-electron chi connectivity index (χ2n) is 6.32. The highest BCUT2D eigenvalue weighted by atomic mass is 32.2. The molecule has 0 saturated carbocycles. The van der Waals surface area contributed by atoms with Crippen LogP contribution >= 0.6 is 0 Å². The number of hydrogen-bond acceptors (Lipinski definition) is 2. The summed E-state index contributed by atoms with van der Waals surface area (Å²) >= 11 is 0. The molecule has 0 saturated heterocycles. The van der Waals surface area contributed by atoms with E-state index in [4.69, 9.17) is 0 Å².